The first-order valence-corrected chi connectivity index (χ1v) is 7.55. The minimum Gasteiger partial charge on any atom is -0.394 e. The first-order valence-electron chi connectivity index (χ1n) is 7.55. The van der Waals surface area contributed by atoms with E-state index in [0.717, 1.165) is 18.7 Å². The zero-order valence-corrected chi connectivity index (χ0v) is 12.5. The number of hydrogen-bond donors (Lipinski definition) is 3. The van der Waals surface area contributed by atoms with Crippen molar-refractivity contribution < 1.29 is 14.6 Å². The standard InChI is InChI=1S/C16H24N2O3/c1-2-9-17-14-6-4-3-5-13(14)15(20)18-16(12-19)7-10-21-11-8-16/h3-6,17,19H,2,7-12H2,1H3,(H,18,20). The van der Waals surface area contributed by atoms with Crippen LogP contribution in [0.3, 0.4) is 0 Å². The molecule has 3 N–H and O–H groups in total. The second kappa shape index (κ2) is 7.43. The van der Waals surface area contributed by atoms with Gasteiger partial charge in [0, 0.05) is 25.4 Å². The Labute approximate surface area is 125 Å². The Bertz CT molecular complexity index is 470. The third-order valence-corrected chi connectivity index (χ3v) is 3.87. The Balaban J connectivity index is 2.12. The van der Waals surface area contributed by atoms with Crippen molar-refractivity contribution >= 4 is 11.6 Å². The zero-order chi connectivity index (χ0) is 15.1. The van der Waals surface area contributed by atoms with Crippen LogP contribution >= 0.6 is 0 Å². The van der Waals surface area contributed by atoms with Crippen molar-refractivity contribution in [3.8, 4) is 0 Å². The molecule has 1 aliphatic heterocycles. The van der Waals surface area contributed by atoms with E-state index in [1.165, 1.54) is 0 Å². The van der Waals surface area contributed by atoms with E-state index in [0.29, 0.717) is 31.6 Å². The number of ether oxygens (including phenoxy) is 1. The summed E-state index contributed by atoms with van der Waals surface area (Å²) < 4.78 is 5.32. The number of para-hydroxylation sites is 1. The second-order valence-corrected chi connectivity index (χ2v) is 5.48. The summed E-state index contributed by atoms with van der Waals surface area (Å²) in [6, 6.07) is 7.46. The summed E-state index contributed by atoms with van der Waals surface area (Å²) >= 11 is 0. The largest absolute Gasteiger partial charge is 0.394 e. The Morgan fingerprint density at radius 1 is 1.33 bits per heavy atom. The van der Waals surface area contributed by atoms with Gasteiger partial charge in [-0.2, -0.15) is 0 Å². The molecule has 116 valence electrons. The molecule has 2 rings (SSSR count). The van der Waals surface area contributed by atoms with Crippen molar-refractivity contribution in [2.24, 2.45) is 0 Å². The maximum atomic E-state index is 12.6. The molecule has 0 atom stereocenters. The lowest BCUT2D eigenvalue weighted by molar-refractivity contribution is 0.0125. The highest BCUT2D eigenvalue weighted by atomic mass is 16.5. The first kappa shape index (κ1) is 15.8. The van der Waals surface area contributed by atoms with Crippen LogP contribution in [0.4, 0.5) is 5.69 Å². The summed E-state index contributed by atoms with van der Waals surface area (Å²) in [4.78, 5) is 12.6. The number of nitrogens with one attached hydrogen (secondary N) is 2. The predicted molar refractivity (Wildman–Crippen MR) is 82.6 cm³/mol. The van der Waals surface area contributed by atoms with Gasteiger partial charge in [0.05, 0.1) is 17.7 Å². The van der Waals surface area contributed by atoms with Gasteiger partial charge >= 0.3 is 0 Å². The van der Waals surface area contributed by atoms with Crippen molar-refractivity contribution in [3.63, 3.8) is 0 Å². The summed E-state index contributed by atoms with van der Waals surface area (Å²) in [7, 11) is 0. The molecule has 0 bridgehead atoms. The van der Waals surface area contributed by atoms with Crippen molar-refractivity contribution in [2.45, 2.75) is 31.7 Å². The van der Waals surface area contributed by atoms with Crippen LogP contribution in [0.5, 0.6) is 0 Å². The SMILES string of the molecule is CCCNc1ccccc1C(=O)NC1(CO)CCOCC1. The third kappa shape index (κ3) is 3.95. The monoisotopic (exact) mass is 292 g/mol. The van der Waals surface area contributed by atoms with Gasteiger partial charge in [0.25, 0.3) is 5.91 Å². The first-order chi connectivity index (χ1) is 10.2. The number of carbonyl (C=O) groups is 1. The molecule has 0 radical (unpaired) electrons. The molecule has 0 aliphatic carbocycles. The van der Waals surface area contributed by atoms with E-state index < -0.39 is 5.54 Å². The van der Waals surface area contributed by atoms with Gasteiger partial charge in [-0.15, -0.1) is 0 Å². The molecule has 1 fully saturated rings. The number of anilines is 1. The fraction of sp³-hybridized carbons (Fsp3) is 0.562. The lowest BCUT2D eigenvalue weighted by atomic mass is 9.90. The van der Waals surface area contributed by atoms with E-state index in [-0.39, 0.29) is 12.5 Å². The molecule has 1 amide bonds. The van der Waals surface area contributed by atoms with Crippen LogP contribution in [0.1, 0.15) is 36.5 Å². The number of carbonyl (C=O) groups excluding carboxylic acids is 1. The van der Waals surface area contributed by atoms with Crippen molar-refractivity contribution in [3.05, 3.63) is 29.8 Å². The van der Waals surface area contributed by atoms with Crippen molar-refractivity contribution in [1.82, 2.24) is 5.32 Å². The molecule has 1 heterocycles. The van der Waals surface area contributed by atoms with E-state index >= 15 is 0 Å². The number of amides is 1. The van der Waals surface area contributed by atoms with E-state index in [9.17, 15) is 9.90 Å². The summed E-state index contributed by atoms with van der Waals surface area (Å²) in [5.74, 6) is -0.148. The summed E-state index contributed by atoms with van der Waals surface area (Å²) in [5, 5.41) is 15.9. The van der Waals surface area contributed by atoms with Crippen LogP contribution < -0.4 is 10.6 Å². The number of rotatable bonds is 6. The smallest absolute Gasteiger partial charge is 0.253 e. The van der Waals surface area contributed by atoms with Gasteiger partial charge in [0.1, 0.15) is 0 Å². The molecule has 1 aliphatic rings. The van der Waals surface area contributed by atoms with E-state index in [1.54, 1.807) is 6.07 Å². The van der Waals surface area contributed by atoms with Gasteiger partial charge in [-0.05, 0) is 31.4 Å². The molecule has 5 heteroatoms. The van der Waals surface area contributed by atoms with Gasteiger partial charge in [-0.1, -0.05) is 19.1 Å². The van der Waals surface area contributed by atoms with E-state index in [2.05, 4.69) is 17.6 Å². The predicted octanol–water partition coefficient (Wildman–Crippen LogP) is 1.78. The molecular formula is C16H24N2O3. The fourth-order valence-corrected chi connectivity index (χ4v) is 2.49. The molecule has 5 nitrogen and oxygen atoms in total. The number of hydrogen-bond acceptors (Lipinski definition) is 4. The average molecular weight is 292 g/mol. The lowest BCUT2D eigenvalue weighted by Crippen LogP contribution is -2.54. The van der Waals surface area contributed by atoms with Gasteiger partial charge in [0.2, 0.25) is 0 Å². The quantitative estimate of drug-likeness (QED) is 0.747. The maximum Gasteiger partial charge on any atom is 0.253 e. The lowest BCUT2D eigenvalue weighted by Gasteiger charge is -2.36. The molecule has 1 aromatic carbocycles. The van der Waals surface area contributed by atoms with Crippen LogP contribution in [-0.4, -0.2) is 42.9 Å². The normalized spacial score (nSPS) is 17.2. The topological polar surface area (TPSA) is 70.6 Å². The Morgan fingerprint density at radius 2 is 2.05 bits per heavy atom. The van der Waals surface area contributed by atoms with Crippen LogP contribution in [0.25, 0.3) is 0 Å². The fourth-order valence-electron chi connectivity index (χ4n) is 2.49. The summed E-state index contributed by atoms with van der Waals surface area (Å²) in [6.45, 7) is 3.97. The van der Waals surface area contributed by atoms with Crippen LogP contribution in [0, 0.1) is 0 Å². The van der Waals surface area contributed by atoms with Gasteiger partial charge < -0.3 is 20.5 Å². The van der Waals surface area contributed by atoms with E-state index in [4.69, 9.17) is 4.74 Å². The van der Waals surface area contributed by atoms with E-state index in [1.807, 2.05) is 18.2 Å². The summed E-state index contributed by atoms with van der Waals surface area (Å²) in [6.07, 6.45) is 2.27. The highest BCUT2D eigenvalue weighted by Gasteiger charge is 2.34. The van der Waals surface area contributed by atoms with Crippen LogP contribution in [-0.2, 0) is 4.74 Å². The molecule has 21 heavy (non-hydrogen) atoms. The number of benzene rings is 1. The van der Waals surface area contributed by atoms with Crippen LogP contribution in [0.2, 0.25) is 0 Å². The third-order valence-electron chi connectivity index (χ3n) is 3.87. The van der Waals surface area contributed by atoms with Crippen molar-refractivity contribution in [2.75, 3.05) is 31.7 Å². The minimum atomic E-state index is -0.562. The minimum absolute atomic E-state index is 0.0628. The van der Waals surface area contributed by atoms with Crippen LogP contribution in [0.15, 0.2) is 24.3 Å². The highest BCUT2D eigenvalue weighted by Crippen LogP contribution is 2.22. The molecule has 0 aromatic heterocycles. The Hall–Kier alpha value is -1.59. The maximum absolute atomic E-state index is 12.6. The highest BCUT2D eigenvalue weighted by molar-refractivity contribution is 6.00. The molecule has 0 saturated carbocycles. The Kier molecular flexibility index (Phi) is 5.59. The molecule has 0 spiro atoms. The van der Waals surface area contributed by atoms with Gasteiger partial charge in [-0.3, -0.25) is 4.79 Å². The second-order valence-electron chi connectivity index (χ2n) is 5.48. The molecule has 0 unspecified atom stereocenters. The van der Waals surface area contributed by atoms with Gasteiger partial charge in [-0.25, -0.2) is 0 Å². The molecule has 1 saturated heterocycles. The zero-order valence-electron chi connectivity index (χ0n) is 12.5. The van der Waals surface area contributed by atoms with Gasteiger partial charge in [0.15, 0.2) is 0 Å². The Morgan fingerprint density at radius 3 is 2.71 bits per heavy atom. The van der Waals surface area contributed by atoms with Crippen molar-refractivity contribution in [1.29, 1.82) is 0 Å². The molecular weight excluding hydrogens is 268 g/mol. The summed E-state index contributed by atoms with van der Waals surface area (Å²) in [5.41, 5.74) is 0.884. The number of aliphatic hydroxyl groups is 1. The molecule has 1 aromatic rings. The number of aliphatic hydroxyl groups excluding tert-OH is 1. The average Bonchev–Trinajstić information content (AvgIpc) is 2.54.